The van der Waals surface area contributed by atoms with Gasteiger partial charge in [-0.25, -0.2) is 4.98 Å². The first-order valence-corrected chi connectivity index (χ1v) is 9.97. The number of benzene rings is 2. The second kappa shape index (κ2) is 8.44. The van der Waals surface area contributed by atoms with Crippen molar-refractivity contribution in [2.75, 3.05) is 18.2 Å². The summed E-state index contributed by atoms with van der Waals surface area (Å²) in [4.78, 5) is 17.2. The summed E-state index contributed by atoms with van der Waals surface area (Å²) in [6.45, 7) is 6.31. The highest BCUT2D eigenvalue weighted by Crippen LogP contribution is 2.29. The van der Waals surface area contributed by atoms with E-state index in [2.05, 4.69) is 44.3 Å². The third-order valence-corrected chi connectivity index (χ3v) is 5.46. The van der Waals surface area contributed by atoms with Gasteiger partial charge in [-0.05, 0) is 61.2 Å². The molecule has 0 bridgehead atoms. The minimum absolute atomic E-state index is 0.0751. The molecule has 27 heavy (non-hydrogen) atoms. The molecule has 0 saturated heterocycles. The van der Waals surface area contributed by atoms with Crippen molar-refractivity contribution in [3.05, 3.63) is 59.2 Å². The molecule has 0 unspecified atom stereocenters. The van der Waals surface area contributed by atoms with Crippen LogP contribution in [-0.2, 0) is 11.2 Å². The van der Waals surface area contributed by atoms with E-state index < -0.39 is 0 Å². The van der Waals surface area contributed by atoms with Gasteiger partial charge >= 0.3 is 0 Å². The number of carbonyl (C=O) groups is 1. The Bertz CT molecular complexity index is 985. The molecule has 1 heterocycles. The number of fused-ring (bicyclic) bond motifs is 1. The highest BCUT2D eigenvalue weighted by atomic mass is 32.2. The van der Waals surface area contributed by atoms with Crippen LogP contribution >= 0.6 is 11.8 Å². The lowest BCUT2D eigenvalue weighted by atomic mass is 10.0. The molecule has 0 aliphatic heterocycles. The Morgan fingerprint density at radius 1 is 1.19 bits per heavy atom. The van der Waals surface area contributed by atoms with E-state index in [0.29, 0.717) is 17.2 Å². The van der Waals surface area contributed by atoms with E-state index in [1.807, 2.05) is 24.3 Å². The number of ether oxygens (including phenoxy) is 1. The number of nitrogens with one attached hydrogen (secondary N) is 1. The Kier molecular flexibility index (Phi) is 6.01. The number of methoxy groups -OCH3 is 1. The molecule has 0 radical (unpaired) electrons. The molecule has 1 amide bonds. The summed E-state index contributed by atoms with van der Waals surface area (Å²) in [5.41, 5.74) is 5.26. The molecular formula is C22H24N2O2S. The number of aromatic nitrogens is 1. The molecule has 0 fully saturated rings. The van der Waals surface area contributed by atoms with E-state index in [-0.39, 0.29) is 5.91 Å². The summed E-state index contributed by atoms with van der Waals surface area (Å²) in [5, 5.41) is 5.01. The Hall–Kier alpha value is -2.53. The molecule has 3 rings (SSSR count). The molecular weight excluding hydrogens is 356 g/mol. The zero-order valence-corrected chi connectivity index (χ0v) is 16.9. The number of rotatable bonds is 6. The minimum Gasteiger partial charge on any atom is -0.495 e. The molecule has 0 aliphatic rings. The number of carbonyl (C=O) groups excluding carboxylic acids is 1. The molecule has 5 heteroatoms. The van der Waals surface area contributed by atoms with Crippen LogP contribution in [0.4, 0.5) is 5.69 Å². The topological polar surface area (TPSA) is 51.2 Å². The number of hydrogen-bond acceptors (Lipinski definition) is 4. The van der Waals surface area contributed by atoms with Crippen LogP contribution < -0.4 is 10.1 Å². The summed E-state index contributed by atoms with van der Waals surface area (Å²) < 4.78 is 5.28. The first-order valence-electron chi connectivity index (χ1n) is 8.98. The van der Waals surface area contributed by atoms with E-state index in [0.717, 1.165) is 17.0 Å². The second-order valence-corrected chi connectivity index (χ2v) is 7.46. The molecule has 1 aromatic heterocycles. The third-order valence-electron chi connectivity index (χ3n) is 4.43. The lowest BCUT2D eigenvalue weighted by Gasteiger charge is -2.12. The molecule has 0 spiro atoms. The molecule has 3 aromatic rings. The standard InChI is InChI=1S/C22H24N2O2S/c1-5-16-12-17-15(3)10-14(2)11-19(17)24-22(16)27-13-21(25)23-18-8-6-7-9-20(18)26-4/h6-12H,5,13H2,1-4H3,(H,23,25). The van der Waals surface area contributed by atoms with E-state index in [4.69, 9.17) is 9.72 Å². The van der Waals surface area contributed by atoms with Crippen LogP contribution in [0, 0.1) is 13.8 Å². The van der Waals surface area contributed by atoms with Crippen molar-refractivity contribution in [3.8, 4) is 5.75 Å². The number of nitrogens with zero attached hydrogens (tertiary/aromatic N) is 1. The minimum atomic E-state index is -0.0751. The maximum atomic E-state index is 12.4. The van der Waals surface area contributed by atoms with Gasteiger partial charge in [-0.1, -0.05) is 36.9 Å². The van der Waals surface area contributed by atoms with Gasteiger partial charge in [-0.15, -0.1) is 0 Å². The lowest BCUT2D eigenvalue weighted by Crippen LogP contribution is -2.15. The molecule has 2 aromatic carbocycles. The van der Waals surface area contributed by atoms with Gasteiger partial charge in [0.2, 0.25) is 5.91 Å². The van der Waals surface area contributed by atoms with Gasteiger partial charge in [-0.2, -0.15) is 0 Å². The monoisotopic (exact) mass is 380 g/mol. The highest BCUT2D eigenvalue weighted by molar-refractivity contribution is 8.00. The van der Waals surface area contributed by atoms with Crippen molar-refractivity contribution in [1.29, 1.82) is 0 Å². The van der Waals surface area contributed by atoms with E-state index >= 15 is 0 Å². The predicted octanol–water partition coefficient (Wildman–Crippen LogP) is 5.15. The number of hydrogen-bond donors (Lipinski definition) is 1. The van der Waals surface area contributed by atoms with Gasteiger partial charge in [0.15, 0.2) is 0 Å². The third kappa shape index (κ3) is 4.42. The Balaban J connectivity index is 1.78. The van der Waals surface area contributed by atoms with Crippen LogP contribution in [0.3, 0.4) is 0 Å². The average Bonchev–Trinajstić information content (AvgIpc) is 2.66. The van der Waals surface area contributed by atoms with Crippen molar-refractivity contribution < 1.29 is 9.53 Å². The van der Waals surface area contributed by atoms with Gasteiger partial charge in [0, 0.05) is 5.39 Å². The van der Waals surface area contributed by atoms with Gasteiger partial charge in [0.05, 0.1) is 24.1 Å². The Labute approximate surface area is 164 Å². The van der Waals surface area contributed by atoms with Gasteiger partial charge in [0.1, 0.15) is 10.8 Å². The summed E-state index contributed by atoms with van der Waals surface area (Å²) >= 11 is 1.48. The largest absolute Gasteiger partial charge is 0.495 e. The number of para-hydroxylation sites is 2. The average molecular weight is 381 g/mol. The van der Waals surface area contributed by atoms with Crippen molar-refractivity contribution in [2.24, 2.45) is 0 Å². The van der Waals surface area contributed by atoms with Gasteiger partial charge in [0.25, 0.3) is 0 Å². The van der Waals surface area contributed by atoms with Gasteiger partial charge in [-0.3, -0.25) is 4.79 Å². The van der Waals surface area contributed by atoms with Gasteiger partial charge < -0.3 is 10.1 Å². The normalized spacial score (nSPS) is 10.8. The highest BCUT2D eigenvalue weighted by Gasteiger charge is 2.12. The number of thioether (sulfide) groups is 1. The molecule has 0 aliphatic carbocycles. The first-order chi connectivity index (χ1) is 13.0. The van der Waals surface area contributed by atoms with Crippen molar-refractivity contribution in [2.45, 2.75) is 32.2 Å². The fourth-order valence-corrected chi connectivity index (χ4v) is 3.99. The molecule has 0 atom stereocenters. The van der Waals surface area contributed by atoms with Crippen LogP contribution in [0.25, 0.3) is 10.9 Å². The van der Waals surface area contributed by atoms with Crippen molar-refractivity contribution in [1.82, 2.24) is 4.98 Å². The number of amides is 1. The van der Waals surface area contributed by atoms with Crippen LogP contribution in [0.2, 0.25) is 0 Å². The first kappa shape index (κ1) is 19.2. The summed E-state index contributed by atoms with van der Waals surface area (Å²) in [5.74, 6) is 0.878. The zero-order valence-electron chi connectivity index (χ0n) is 16.1. The van der Waals surface area contributed by atoms with E-state index in [1.165, 1.54) is 33.8 Å². The zero-order chi connectivity index (χ0) is 19.4. The number of pyridine rings is 1. The molecule has 4 nitrogen and oxygen atoms in total. The van der Waals surface area contributed by atoms with E-state index in [9.17, 15) is 4.79 Å². The molecule has 0 saturated carbocycles. The van der Waals surface area contributed by atoms with Crippen LogP contribution in [0.1, 0.15) is 23.6 Å². The van der Waals surface area contributed by atoms with Crippen LogP contribution in [0.5, 0.6) is 5.75 Å². The van der Waals surface area contributed by atoms with Crippen molar-refractivity contribution in [3.63, 3.8) is 0 Å². The fourth-order valence-electron chi connectivity index (χ4n) is 3.10. The maximum Gasteiger partial charge on any atom is 0.234 e. The van der Waals surface area contributed by atoms with Crippen LogP contribution in [0.15, 0.2) is 47.5 Å². The second-order valence-electron chi connectivity index (χ2n) is 6.49. The van der Waals surface area contributed by atoms with Crippen molar-refractivity contribution >= 4 is 34.3 Å². The van der Waals surface area contributed by atoms with Crippen LogP contribution in [-0.4, -0.2) is 23.8 Å². The lowest BCUT2D eigenvalue weighted by molar-refractivity contribution is -0.113. The SMILES string of the molecule is CCc1cc2c(C)cc(C)cc2nc1SCC(=O)Nc1ccccc1OC. The predicted molar refractivity (Wildman–Crippen MR) is 113 cm³/mol. The fraction of sp³-hybridized carbons (Fsp3) is 0.273. The summed E-state index contributed by atoms with van der Waals surface area (Å²) in [6.07, 6.45) is 0.882. The molecule has 140 valence electrons. The Morgan fingerprint density at radius 2 is 1.96 bits per heavy atom. The smallest absolute Gasteiger partial charge is 0.234 e. The number of aryl methyl sites for hydroxylation is 3. The van der Waals surface area contributed by atoms with E-state index in [1.54, 1.807) is 7.11 Å². The maximum absolute atomic E-state index is 12.4. The quantitative estimate of drug-likeness (QED) is 0.601. The number of anilines is 1. The summed E-state index contributed by atoms with van der Waals surface area (Å²) in [6, 6.07) is 13.9. The molecule has 1 N–H and O–H groups in total. The summed E-state index contributed by atoms with van der Waals surface area (Å²) in [7, 11) is 1.59. The Morgan fingerprint density at radius 3 is 2.70 bits per heavy atom.